The first kappa shape index (κ1) is 17.7. The fourth-order valence-corrected chi connectivity index (χ4v) is 2.73. The molecule has 0 aliphatic carbocycles. The first-order chi connectivity index (χ1) is 12.7. The van der Waals surface area contributed by atoms with Gasteiger partial charge in [-0.05, 0) is 55.7 Å². The molecule has 0 heterocycles. The number of rotatable bonds is 7. The van der Waals surface area contributed by atoms with E-state index in [1.54, 1.807) is 12.1 Å². The van der Waals surface area contributed by atoms with Gasteiger partial charge in [-0.3, -0.25) is 4.79 Å². The van der Waals surface area contributed by atoms with E-state index < -0.39 is 0 Å². The molecule has 3 rings (SSSR count). The summed E-state index contributed by atoms with van der Waals surface area (Å²) in [5.41, 5.74) is 1.89. The first-order valence-electron chi connectivity index (χ1n) is 8.88. The predicted molar refractivity (Wildman–Crippen MR) is 105 cm³/mol. The van der Waals surface area contributed by atoms with Crippen molar-refractivity contribution in [3.8, 4) is 11.5 Å². The van der Waals surface area contributed by atoms with Gasteiger partial charge in [0, 0.05) is 11.6 Å². The van der Waals surface area contributed by atoms with Crippen LogP contribution < -0.4 is 10.1 Å². The number of hydrogen-bond donors (Lipinski definition) is 1. The minimum Gasteiger partial charge on any atom is -0.457 e. The number of nitrogens with one attached hydrogen (secondary N) is 1. The Kier molecular flexibility index (Phi) is 6.05. The highest BCUT2D eigenvalue weighted by molar-refractivity contribution is 5.94. The van der Waals surface area contributed by atoms with Crippen LogP contribution in [0.25, 0.3) is 0 Å². The summed E-state index contributed by atoms with van der Waals surface area (Å²) in [4.78, 5) is 12.5. The Hall–Kier alpha value is -3.07. The van der Waals surface area contributed by atoms with Crippen LogP contribution in [0, 0.1) is 0 Å². The van der Waals surface area contributed by atoms with Gasteiger partial charge in [-0.2, -0.15) is 0 Å². The van der Waals surface area contributed by atoms with E-state index in [4.69, 9.17) is 4.74 Å². The second kappa shape index (κ2) is 8.86. The van der Waals surface area contributed by atoms with E-state index in [1.165, 1.54) is 5.56 Å². The Labute approximate surface area is 154 Å². The fourth-order valence-electron chi connectivity index (χ4n) is 2.73. The van der Waals surface area contributed by atoms with Crippen molar-refractivity contribution in [1.82, 2.24) is 5.32 Å². The van der Waals surface area contributed by atoms with E-state index in [2.05, 4.69) is 17.4 Å². The van der Waals surface area contributed by atoms with Gasteiger partial charge in [0.1, 0.15) is 11.5 Å². The lowest BCUT2D eigenvalue weighted by atomic mass is 10.1. The molecule has 132 valence electrons. The van der Waals surface area contributed by atoms with Crippen molar-refractivity contribution in [2.45, 2.75) is 25.8 Å². The Bertz CT molecular complexity index is 831. The van der Waals surface area contributed by atoms with Gasteiger partial charge in [-0.1, -0.05) is 54.6 Å². The molecule has 0 aliphatic heterocycles. The van der Waals surface area contributed by atoms with Crippen LogP contribution in [0.2, 0.25) is 0 Å². The monoisotopic (exact) mass is 345 g/mol. The Morgan fingerprint density at radius 1 is 0.885 bits per heavy atom. The van der Waals surface area contributed by atoms with Gasteiger partial charge in [-0.25, -0.2) is 0 Å². The number of hydrogen-bond acceptors (Lipinski definition) is 2. The van der Waals surface area contributed by atoms with Crippen molar-refractivity contribution >= 4 is 5.91 Å². The van der Waals surface area contributed by atoms with Crippen molar-refractivity contribution < 1.29 is 9.53 Å². The summed E-state index contributed by atoms with van der Waals surface area (Å²) in [7, 11) is 0. The third-order valence-electron chi connectivity index (χ3n) is 4.16. The molecular formula is C23H23NO2. The highest BCUT2D eigenvalue weighted by Gasteiger charge is 2.11. The maximum atomic E-state index is 12.5. The van der Waals surface area contributed by atoms with Crippen LogP contribution in [-0.4, -0.2) is 11.9 Å². The third-order valence-corrected chi connectivity index (χ3v) is 4.16. The molecule has 3 nitrogen and oxygen atoms in total. The zero-order chi connectivity index (χ0) is 18.2. The van der Waals surface area contributed by atoms with Crippen molar-refractivity contribution in [2.24, 2.45) is 0 Å². The SMILES string of the molecule is C[C@@H](CCc1ccccc1)NC(=O)c1cccc(Oc2ccccc2)c1. The second-order valence-corrected chi connectivity index (χ2v) is 6.34. The van der Waals surface area contributed by atoms with E-state index >= 15 is 0 Å². The van der Waals surface area contributed by atoms with E-state index in [9.17, 15) is 4.79 Å². The Balaban J connectivity index is 1.56. The summed E-state index contributed by atoms with van der Waals surface area (Å²) >= 11 is 0. The van der Waals surface area contributed by atoms with Gasteiger partial charge in [0.2, 0.25) is 0 Å². The predicted octanol–water partition coefficient (Wildman–Crippen LogP) is 5.23. The third kappa shape index (κ3) is 5.21. The maximum Gasteiger partial charge on any atom is 0.251 e. The molecule has 1 amide bonds. The van der Waals surface area contributed by atoms with Gasteiger partial charge >= 0.3 is 0 Å². The van der Waals surface area contributed by atoms with Gasteiger partial charge in [0.15, 0.2) is 0 Å². The zero-order valence-electron chi connectivity index (χ0n) is 14.9. The van der Waals surface area contributed by atoms with Crippen LogP contribution in [0.3, 0.4) is 0 Å². The lowest BCUT2D eigenvalue weighted by Gasteiger charge is -2.14. The summed E-state index contributed by atoms with van der Waals surface area (Å²) in [6.45, 7) is 2.03. The van der Waals surface area contributed by atoms with Crippen LogP contribution in [0.1, 0.15) is 29.3 Å². The van der Waals surface area contributed by atoms with Gasteiger partial charge in [-0.15, -0.1) is 0 Å². The second-order valence-electron chi connectivity index (χ2n) is 6.34. The van der Waals surface area contributed by atoms with Crippen molar-refractivity contribution in [3.63, 3.8) is 0 Å². The standard InChI is InChI=1S/C23H23NO2/c1-18(15-16-19-9-4-2-5-10-19)24-23(25)20-11-8-14-22(17-20)26-21-12-6-3-7-13-21/h2-14,17-18H,15-16H2,1H3,(H,24,25)/t18-/m0/s1. The summed E-state index contributed by atoms with van der Waals surface area (Å²) in [5, 5.41) is 3.06. The molecule has 0 unspecified atom stereocenters. The number of carbonyl (C=O) groups excluding carboxylic acids is 1. The molecule has 1 N–H and O–H groups in total. The van der Waals surface area contributed by atoms with Crippen molar-refractivity contribution in [3.05, 3.63) is 96.1 Å². The summed E-state index contributed by atoms with van der Waals surface area (Å²) in [6.07, 6.45) is 1.84. The zero-order valence-corrected chi connectivity index (χ0v) is 14.9. The lowest BCUT2D eigenvalue weighted by Crippen LogP contribution is -2.32. The molecule has 0 radical (unpaired) electrons. The molecule has 0 aromatic heterocycles. The lowest BCUT2D eigenvalue weighted by molar-refractivity contribution is 0.0938. The van der Waals surface area contributed by atoms with E-state index in [0.717, 1.165) is 18.6 Å². The van der Waals surface area contributed by atoms with Crippen LogP contribution in [0.15, 0.2) is 84.9 Å². The fraction of sp³-hybridized carbons (Fsp3) is 0.174. The molecule has 3 aromatic carbocycles. The van der Waals surface area contributed by atoms with Gasteiger partial charge < -0.3 is 10.1 Å². The highest BCUT2D eigenvalue weighted by atomic mass is 16.5. The topological polar surface area (TPSA) is 38.3 Å². The Morgan fingerprint density at radius 3 is 2.27 bits per heavy atom. The van der Waals surface area contributed by atoms with E-state index in [1.807, 2.05) is 67.6 Å². The number of benzene rings is 3. The van der Waals surface area contributed by atoms with Crippen molar-refractivity contribution in [1.29, 1.82) is 0 Å². The summed E-state index contributed by atoms with van der Waals surface area (Å²) < 4.78 is 5.80. The number of amides is 1. The average molecular weight is 345 g/mol. The molecule has 1 atom stereocenters. The van der Waals surface area contributed by atoms with Gasteiger partial charge in [0.25, 0.3) is 5.91 Å². The minimum atomic E-state index is -0.0796. The Morgan fingerprint density at radius 2 is 1.54 bits per heavy atom. The van der Waals surface area contributed by atoms with Crippen LogP contribution in [0.4, 0.5) is 0 Å². The normalized spacial score (nSPS) is 11.6. The molecule has 0 fully saturated rings. The molecule has 0 bridgehead atoms. The highest BCUT2D eigenvalue weighted by Crippen LogP contribution is 2.21. The van der Waals surface area contributed by atoms with E-state index in [-0.39, 0.29) is 11.9 Å². The van der Waals surface area contributed by atoms with Crippen LogP contribution >= 0.6 is 0 Å². The molecule has 3 heteroatoms. The molecule has 0 aliphatic rings. The quantitative estimate of drug-likeness (QED) is 0.637. The molecule has 0 saturated carbocycles. The van der Waals surface area contributed by atoms with Gasteiger partial charge in [0.05, 0.1) is 0 Å². The number of carbonyl (C=O) groups is 1. The molecule has 0 saturated heterocycles. The largest absolute Gasteiger partial charge is 0.457 e. The number of para-hydroxylation sites is 1. The molecule has 3 aromatic rings. The summed E-state index contributed by atoms with van der Waals surface area (Å²) in [5.74, 6) is 1.33. The summed E-state index contributed by atoms with van der Waals surface area (Å²) in [6, 6.07) is 27.2. The average Bonchev–Trinajstić information content (AvgIpc) is 2.68. The molecular weight excluding hydrogens is 322 g/mol. The van der Waals surface area contributed by atoms with Crippen LogP contribution in [-0.2, 0) is 6.42 Å². The number of ether oxygens (including phenoxy) is 1. The molecule has 26 heavy (non-hydrogen) atoms. The van der Waals surface area contributed by atoms with E-state index in [0.29, 0.717) is 11.3 Å². The minimum absolute atomic E-state index is 0.0796. The first-order valence-corrected chi connectivity index (χ1v) is 8.88. The smallest absolute Gasteiger partial charge is 0.251 e. The number of aryl methyl sites for hydroxylation is 1. The maximum absolute atomic E-state index is 12.5. The van der Waals surface area contributed by atoms with Crippen LogP contribution in [0.5, 0.6) is 11.5 Å². The molecule has 0 spiro atoms. The van der Waals surface area contributed by atoms with Crippen molar-refractivity contribution in [2.75, 3.05) is 0 Å².